The highest BCUT2D eigenvalue weighted by Gasteiger charge is 2.50. The molecule has 4 nitrogen and oxygen atoms in total. The topological polar surface area (TPSA) is 55.4 Å². The Balaban J connectivity index is 1.95. The average molecular weight is 289 g/mol. The molecule has 5 heteroatoms. The number of hydrogen-bond donors (Lipinski definition) is 1. The van der Waals surface area contributed by atoms with Crippen LogP contribution in [0, 0.1) is 11.3 Å². The maximum atomic E-state index is 11.6. The molecule has 0 aromatic rings. The Morgan fingerprint density at radius 2 is 2.11 bits per heavy atom. The summed E-state index contributed by atoms with van der Waals surface area (Å²) in [6, 6.07) is 0. The van der Waals surface area contributed by atoms with Gasteiger partial charge in [-0.15, -0.1) is 0 Å². The lowest BCUT2D eigenvalue weighted by molar-refractivity contribution is 0.0271. The van der Waals surface area contributed by atoms with Crippen molar-refractivity contribution in [1.82, 2.24) is 5.32 Å². The highest BCUT2D eigenvalue weighted by atomic mass is 32.2. The van der Waals surface area contributed by atoms with E-state index in [1.807, 2.05) is 7.05 Å². The Morgan fingerprint density at radius 1 is 1.37 bits per heavy atom. The maximum Gasteiger partial charge on any atom is 0.150 e. The molecule has 2 rings (SSSR count). The second-order valence-corrected chi connectivity index (χ2v) is 8.58. The van der Waals surface area contributed by atoms with Gasteiger partial charge in [0.1, 0.15) is 9.84 Å². The first kappa shape index (κ1) is 15.3. The van der Waals surface area contributed by atoms with Crippen LogP contribution >= 0.6 is 0 Å². The van der Waals surface area contributed by atoms with Crippen LogP contribution in [-0.4, -0.2) is 46.2 Å². The summed E-state index contributed by atoms with van der Waals surface area (Å²) >= 11 is 0. The van der Waals surface area contributed by atoms with E-state index in [2.05, 4.69) is 5.32 Å². The molecule has 1 saturated carbocycles. The fourth-order valence-corrected chi connectivity index (χ4v) is 4.30. The third-order valence-electron chi connectivity index (χ3n) is 4.65. The molecule has 2 atom stereocenters. The molecule has 19 heavy (non-hydrogen) atoms. The molecule has 2 fully saturated rings. The van der Waals surface area contributed by atoms with Gasteiger partial charge >= 0.3 is 0 Å². The molecule has 0 radical (unpaired) electrons. The molecule has 2 unspecified atom stereocenters. The van der Waals surface area contributed by atoms with Crippen molar-refractivity contribution in [3.8, 4) is 0 Å². The third kappa shape index (κ3) is 3.70. The Labute approximate surface area is 117 Å². The van der Waals surface area contributed by atoms with E-state index in [1.54, 1.807) is 6.92 Å². The molecule has 1 aliphatic carbocycles. The minimum atomic E-state index is -2.84. The SMILES string of the molecule is CCS(=O)(=O)CCCC1(CNC)CCOC1C1CC1. The van der Waals surface area contributed by atoms with Crippen molar-refractivity contribution in [2.75, 3.05) is 31.7 Å². The van der Waals surface area contributed by atoms with Gasteiger partial charge in [0.15, 0.2) is 0 Å². The maximum absolute atomic E-state index is 11.6. The Hall–Kier alpha value is -0.130. The number of rotatable bonds is 8. The van der Waals surface area contributed by atoms with E-state index in [0.717, 1.165) is 38.3 Å². The number of sulfone groups is 1. The van der Waals surface area contributed by atoms with Crippen molar-refractivity contribution in [2.24, 2.45) is 11.3 Å². The zero-order chi connectivity index (χ0) is 13.9. The molecule has 1 saturated heterocycles. The first-order chi connectivity index (χ1) is 9.03. The summed E-state index contributed by atoms with van der Waals surface area (Å²) in [6.45, 7) is 3.51. The summed E-state index contributed by atoms with van der Waals surface area (Å²) in [6.07, 6.45) is 5.72. The average Bonchev–Trinajstić information content (AvgIpc) is 3.13. The van der Waals surface area contributed by atoms with Gasteiger partial charge in [0.25, 0.3) is 0 Å². The van der Waals surface area contributed by atoms with Gasteiger partial charge in [-0.3, -0.25) is 0 Å². The van der Waals surface area contributed by atoms with E-state index in [4.69, 9.17) is 4.74 Å². The summed E-state index contributed by atoms with van der Waals surface area (Å²) in [5.41, 5.74) is 0.166. The number of nitrogens with one attached hydrogen (secondary N) is 1. The minimum absolute atomic E-state index is 0.166. The Bertz CT molecular complexity index is 391. The predicted molar refractivity (Wildman–Crippen MR) is 77.0 cm³/mol. The van der Waals surface area contributed by atoms with Gasteiger partial charge in [-0.2, -0.15) is 0 Å². The van der Waals surface area contributed by atoms with Gasteiger partial charge in [-0.05, 0) is 45.1 Å². The van der Waals surface area contributed by atoms with Gasteiger partial charge in [-0.1, -0.05) is 6.92 Å². The number of ether oxygens (including phenoxy) is 1. The first-order valence-corrected chi connectivity index (χ1v) is 9.32. The van der Waals surface area contributed by atoms with Crippen LogP contribution in [0.3, 0.4) is 0 Å². The molecule has 1 heterocycles. The minimum Gasteiger partial charge on any atom is -0.377 e. The molecule has 1 N–H and O–H groups in total. The quantitative estimate of drug-likeness (QED) is 0.737. The van der Waals surface area contributed by atoms with E-state index in [9.17, 15) is 8.42 Å². The smallest absolute Gasteiger partial charge is 0.150 e. The van der Waals surface area contributed by atoms with Gasteiger partial charge < -0.3 is 10.1 Å². The fourth-order valence-electron chi connectivity index (χ4n) is 3.43. The van der Waals surface area contributed by atoms with Crippen LogP contribution in [0.2, 0.25) is 0 Å². The van der Waals surface area contributed by atoms with E-state index in [1.165, 1.54) is 12.8 Å². The van der Waals surface area contributed by atoms with Gasteiger partial charge in [-0.25, -0.2) is 8.42 Å². The van der Waals surface area contributed by atoms with Crippen LogP contribution in [0.25, 0.3) is 0 Å². The molecular formula is C14H27NO3S. The molecule has 0 aromatic carbocycles. The zero-order valence-electron chi connectivity index (χ0n) is 12.2. The molecule has 2 aliphatic rings. The van der Waals surface area contributed by atoms with E-state index in [0.29, 0.717) is 11.9 Å². The molecule has 1 aliphatic heterocycles. The lowest BCUT2D eigenvalue weighted by atomic mass is 9.75. The van der Waals surface area contributed by atoms with Crippen molar-refractivity contribution >= 4 is 9.84 Å². The lowest BCUT2D eigenvalue weighted by Gasteiger charge is -2.34. The van der Waals surface area contributed by atoms with E-state index < -0.39 is 9.84 Å². The first-order valence-electron chi connectivity index (χ1n) is 7.49. The number of hydrogen-bond acceptors (Lipinski definition) is 4. The standard InChI is InChI=1S/C14H27NO3S/c1-3-19(16,17)10-4-7-14(11-15-2)8-9-18-13(14)12-5-6-12/h12-13,15H,3-11H2,1-2H3. The van der Waals surface area contributed by atoms with Crippen LogP contribution in [0.1, 0.15) is 39.0 Å². The summed E-state index contributed by atoms with van der Waals surface area (Å²) < 4.78 is 29.2. The van der Waals surface area contributed by atoms with Crippen LogP contribution < -0.4 is 5.32 Å². The van der Waals surface area contributed by atoms with Gasteiger partial charge in [0, 0.05) is 24.3 Å². The third-order valence-corrected chi connectivity index (χ3v) is 6.44. The molecule has 0 spiro atoms. The summed E-state index contributed by atoms with van der Waals surface area (Å²) in [5.74, 6) is 1.31. The molecular weight excluding hydrogens is 262 g/mol. The second-order valence-electron chi connectivity index (χ2n) is 6.11. The summed E-state index contributed by atoms with van der Waals surface area (Å²) in [4.78, 5) is 0. The molecule has 112 valence electrons. The Morgan fingerprint density at radius 3 is 2.68 bits per heavy atom. The zero-order valence-corrected chi connectivity index (χ0v) is 13.0. The van der Waals surface area contributed by atoms with Crippen molar-refractivity contribution < 1.29 is 13.2 Å². The van der Waals surface area contributed by atoms with Gasteiger partial charge in [0.2, 0.25) is 0 Å². The van der Waals surface area contributed by atoms with Gasteiger partial charge in [0.05, 0.1) is 11.9 Å². The normalized spacial score (nSPS) is 31.8. The van der Waals surface area contributed by atoms with E-state index in [-0.39, 0.29) is 11.2 Å². The predicted octanol–water partition coefficient (Wildman–Crippen LogP) is 1.61. The van der Waals surface area contributed by atoms with Crippen LogP contribution in [0.4, 0.5) is 0 Å². The van der Waals surface area contributed by atoms with Crippen molar-refractivity contribution in [1.29, 1.82) is 0 Å². The lowest BCUT2D eigenvalue weighted by Crippen LogP contribution is -2.41. The summed E-state index contributed by atoms with van der Waals surface area (Å²) in [7, 11) is -0.857. The highest BCUT2D eigenvalue weighted by Crippen LogP contribution is 2.49. The molecule has 0 amide bonds. The fraction of sp³-hybridized carbons (Fsp3) is 1.00. The van der Waals surface area contributed by atoms with Crippen LogP contribution in [0.15, 0.2) is 0 Å². The Kier molecular flexibility index (Phi) is 4.90. The highest BCUT2D eigenvalue weighted by molar-refractivity contribution is 7.91. The van der Waals surface area contributed by atoms with Crippen molar-refractivity contribution in [2.45, 2.75) is 45.1 Å². The van der Waals surface area contributed by atoms with Crippen molar-refractivity contribution in [3.63, 3.8) is 0 Å². The van der Waals surface area contributed by atoms with Crippen LogP contribution in [0.5, 0.6) is 0 Å². The largest absolute Gasteiger partial charge is 0.377 e. The van der Waals surface area contributed by atoms with Crippen LogP contribution in [-0.2, 0) is 14.6 Å². The second kappa shape index (κ2) is 6.10. The van der Waals surface area contributed by atoms with E-state index >= 15 is 0 Å². The van der Waals surface area contributed by atoms with Crippen molar-refractivity contribution in [3.05, 3.63) is 0 Å². The molecule has 0 aromatic heterocycles. The monoisotopic (exact) mass is 289 g/mol. The summed E-state index contributed by atoms with van der Waals surface area (Å²) in [5, 5.41) is 3.30. The molecule has 0 bridgehead atoms.